The molecule has 0 N–H and O–H groups in total. The van der Waals surface area contributed by atoms with Crippen LogP contribution in [-0.4, -0.2) is 0 Å². The molecular weight excluding hydrogens is 781 g/mol. The zero-order chi connectivity index (χ0) is 44.9. The first-order valence-corrected chi connectivity index (χ1v) is 28.8. The van der Waals surface area contributed by atoms with Gasteiger partial charge in [0.05, 0.1) is 0 Å². The molecule has 6 saturated carbocycles. The van der Waals surface area contributed by atoms with E-state index in [-0.39, 0.29) is 0 Å². The quantitative estimate of drug-likeness (QED) is 0.131. The third-order valence-electron chi connectivity index (χ3n) is 19.5. The van der Waals surface area contributed by atoms with E-state index in [1.807, 2.05) is 44.5 Å². The summed E-state index contributed by atoms with van der Waals surface area (Å²) in [5.74, 6) is 6.73. The summed E-state index contributed by atoms with van der Waals surface area (Å²) in [6.45, 7) is 14.7. The van der Waals surface area contributed by atoms with Gasteiger partial charge in [0, 0.05) is 0 Å². The maximum atomic E-state index is 3.03. The highest BCUT2D eigenvalue weighted by atomic mass is 14.5. The molecule has 9 rings (SSSR count). The van der Waals surface area contributed by atoms with Crippen molar-refractivity contribution in [3.8, 4) is 0 Å². The maximum absolute atomic E-state index is 3.03. The minimum Gasteiger partial charge on any atom is -0.0856 e. The molecule has 2 aromatic carbocycles. The van der Waals surface area contributed by atoms with E-state index >= 15 is 0 Å². The minimum absolute atomic E-state index is 0.530. The van der Waals surface area contributed by atoms with Crippen molar-refractivity contribution < 1.29 is 0 Å². The fraction of sp³-hybridized carbons (Fsp3) is 0.692. The maximum Gasteiger partial charge on any atom is -0.0115 e. The van der Waals surface area contributed by atoms with E-state index in [9.17, 15) is 0 Å². The standard InChI is InChI=1S/C65H94/c1-44(2)22-17-24-46(4)26-18-25-45(3)23-7-8-35-54-42-55-43-60(51-29-11-12-30-51)65(58-40-20-37-49-36-19-38-56(49)58)64(53-33-15-16-34-53)61(55)47(5)48(6)62-57(50-27-9-10-28-50)39-21-41-59(62)63(54)52-31-13-14-32-52/h21-23,26,39,41,43,47-51,53-54,56,58H,7-20,24-25,27-38,40,42H2,1-6H3. The Hall–Kier alpha value is -2.60. The van der Waals surface area contributed by atoms with Crippen molar-refractivity contribution in [2.45, 2.75) is 270 Å². The average Bonchev–Trinajstić information content (AvgIpc) is 4.17. The molecule has 6 fully saturated rings. The Morgan fingerprint density at radius 3 is 1.83 bits per heavy atom. The van der Waals surface area contributed by atoms with Crippen LogP contribution in [0.25, 0.3) is 5.57 Å². The Morgan fingerprint density at radius 1 is 0.554 bits per heavy atom. The van der Waals surface area contributed by atoms with Gasteiger partial charge in [-0.05, 0) is 259 Å². The number of unbranched alkanes of at least 4 members (excludes halogenated alkanes) is 1. The predicted octanol–water partition coefficient (Wildman–Crippen LogP) is 20.3. The van der Waals surface area contributed by atoms with Gasteiger partial charge in [0.15, 0.2) is 0 Å². The molecule has 0 nitrogen and oxygen atoms in total. The van der Waals surface area contributed by atoms with Crippen LogP contribution in [0.15, 0.2) is 64.8 Å². The monoisotopic (exact) mass is 875 g/mol. The molecule has 0 heterocycles. The van der Waals surface area contributed by atoms with Crippen LogP contribution in [-0.2, 0) is 6.42 Å². The number of hydrogen-bond acceptors (Lipinski definition) is 0. The molecule has 0 aromatic heterocycles. The molecule has 6 atom stereocenters. The van der Waals surface area contributed by atoms with Crippen molar-refractivity contribution in [1.82, 2.24) is 0 Å². The summed E-state index contributed by atoms with van der Waals surface area (Å²) in [6, 6.07) is 10.9. The summed E-state index contributed by atoms with van der Waals surface area (Å²) >= 11 is 0. The van der Waals surface area contributed by atoms with Crippen LogP contribution in [0.5, 0.6) is 0 Å². The van der Waals surface area contributed by atoms with E-state index in [1.165, 1.54) is 198 Å². The summed E-state index contributed by atoms with van der Waals surface area (Å²) in [5, 5.41) is 0. The molecule has 0 bridgehead atoms. The van der Waals surface area contributed by atoms with Crippen LogP contribution in [0.1, 0.15) is 308 Å². The molecule has 0 heteroatoms. The molecule has 0 radical (unpaired) electrons. The lowest BCUT2D eigenvalue weighted by Crippen LogP contribution is -2.27. The number of allylic oxidation sites excluding steroid dienone is 8. The van der Waals surface area contributed by atoms with Gasteiger partial charge in [0.2, 0.25) is 0 Å². The van der Waals surface area contributed by atoms with Crippen LogP contribution in [0, 0.1) is 17.8 Å². The molecule has 0 saturated heterocycles. The lowest BCUT2D eigenvalue weighted by molar-refractivity contribution is 0.235. The predicted molar refractivity (Wildman–Crippen MR) is 283 cm³/mol. The van der Waals surface area contributed by atoms with E-state index in [0.29, 0.717) is 17.8 Å². The molecule has 0 amide bonds. The average molecular weight is 875 g/mol. The third-order valence-corrected chi connectivity index (χ3v) is 19.5. The zero-order valence-electron chi connectivity index (χ0n) is 43.0. The fourth-order valence-corrected chi connectivity index (χ4v) is 16.1. The van der Waals surface area contributed by atoms with Crippen LogP contribution >= 0.6 is 0 Å². The molecule has 0 spiro atoms. The fourth-order valence-electron chi connectivity index (χ4n) is 16.1. The minimum atomic E-state index is 0.530. The number of rotatable bonds is 14. The second-order valence-corrected chi connectivity index (χ2v) is 24.1. The topological polar surface area (TPSA) is 0 Å². The summed E-state index contributed by atoms with van der Waals surface area (Å²) in [6.07, 6.45) is 49.0. The summed E-state index contributed by atoms with van der Waals surface area (Å²) < 4.78 is 0. The van der Waals surface area contributed by atoms with Crippen molar-refractivity contribution in [2.24, 2.45) is 17.8 Å². The van der Waals surface area contributed by atoms with Gasteiger partial charge < -0.3 is 0 Å². The highest BCUT2D eigenvalue weighted by molar-refractivity contribution is 5.76. The summed E-state index contributed by atoms with van der Waals surface area (Å²) in [4.78, 5) is 0. The normalized spacial score (nSPS) is 28.3. The van der Waals surface area contributed by atoms with Gasteiger partial charge in [0.1, 0.15) is 0 Å². The van der Waals surface area contributed by atoms with Gasteiger partial charge in [-0.15, -0.1) is 0 Å². The van der Waals surface area contributed by atoms with Gasteiger partial charge in [-0.25, -0.2) is 0 Å². The lowest BCUT2D eigenvalue weighted by Gasteiger charge is -2.41. The van der Waals surface area contributed by atoms with E-state index < -0.39 is 0 Å². The molecule has 65 heavy (non-hydrogen) atoms. The van der Waals surface area contributed by atoms with Crippen LogP contribution < -0.4 is 0 Å². The van der Waals surface area contributed by atoms with Crippen molar-refractivity contribution in [3.05, 3.63) is 109 Å². The van der Waals surface area contributed by atoms with Crippen LogP contribution in [0.2, 0.25) is 0 Å². The molecule has 6 unspecified atom stereocenters. The van der Waals surface area contributed by atoms with E-state index in [4.69, 9.17) is 0 Å². The Morgan fingerprint density at radius 2 is 1.15 bits per heavy atom. The van der Waals surface area contributed by atoms with Crippen molar-refractivity contribution in [2.75, 3.05) is 0 Å². The first-order chi connectivity index (χ1) is 31.8. The number of fused-ring (bicyclic) bond motifs is 3. The highest BCUT2D eigenvalue weighted by Crippen LogP contribution is 2.58. The molecule has 354 valence electrons. The van der Waals surface area contributed by atoms with Crippen molar-refractivity contribution in [1.29, 1.82) is 0 Å². The molecular formula is C65H94. The Labute approximate surface area is 400 Å². The van der Waals surface area contributed by atoms with Gasteiger partial charge in [0.25, 0.3) is 0 Å². The van der Waals surface area contributed by atoms with E-state index in [0.717, 1.165) is 35.5 Å². The lowest BCUT2D eigenvalue weighted by atomic mass is 9.64. The number of benzene rings is 2. The molecule has 7 aliphatic rings. The third kappa shape index (κ3) is 10.7. The van der Waals surface area contributed by atoms with Crippen LogP contribution in [0.3, 0.4) is 0 Å². The first kappa shape index (κ1) is 47.5. The van der Waals surface area contributed by atoms with E-state index in [1.54, 1.807) is 22.3 Å². The number of hydrogen-bond donors (Lipinski definition) is 0. The Balaban J connectivity index is 1.15. The molecule has 2 aromatic rings. The van der Waals surface area contributed by atoms with Crippen LogP contribution in [0.4, 0.5) is 0 Å². The smallest absolute Gasteiger partial charge is 0.0115 e. The second kappa shape index (κ2) is 22.2. The van der Waals surface area contributed by atoms with Gasteiger partial charge >= 0.3 is 0 Å². The summed E-state index contributed by atoms with van der Waals surface area (Å²) in [5.41, 5.74) is 23.3. The van der Waals surface area contributed by atoms with Crippen molar-refractivity contribution in [3.63, 3.8) is 0 Å². The van der Waals surface area contributed by atoms with Gasteiger partial charge in [-0.1, -0.05) is 143 Å². The van der Waals surface area contributed by atoms with Gasteiger partial charge in [-0.2, -0.15) is 0 Å². The molecule has 0 aliphatic heterocycles. The van der Waals surface area contributed by atoms with Crippen molar-refractivity contribution >= 4 is 5.57 Å². The highest BCUT2D eigenvalue weighted by Gasteiger charge is 2.44. The van der Waals surface area contributed by atoms with Gasteiger partial charge in [-0.3, -0.25) is 0 Å². The molecule has 7 aliphatic carbocycles. The second-order valence-electron chi connectivity index (χ2n) is 24.1. The van der Waals surface area contributed by atoms with E-state index in [2.05, 4.69) is 84.0 Å². The summed E-state index contributed by atoms with van der Waals surface area (Å²) in [7, 11) is 0. The SMILES string of the molecule is CC(C)=CCCC(C)=CCCC(C)=CCCCC1Cc2cc(C3CCCC3)c(C3CCCC4CCCC43)c(C3CCCC3)c2C(C)C(C)c2c(cccc2C2CCCC2)C1=C1CCCC1. The zero-order valence-corrected chi connectivity index (χ0v) is 43.0. The first-order valence-electron chi connectivity index (χ1n) is 28.8. The largest absolute Gasteiger partial charge is 0.0856 e. The Kier molecular flexibility index (Phi) is 16.2. The Bertz CT molecular complexity index is 2030.